The molecule has 6 nitrogen and oxygen atoms in total. The van der Waals surface area contributed by atoms with Crippen molar-refractivity contribution in [3.63, 3.8) is 0 Å². The summed E-state index contributed by atoms with van der Waals surface area (Å²) in [6.07, 6.45) is 8.93. The van der Waals surface area contributed by atoms with Gasteiger partial charge in [0, 0.05) is 31.7 Å². The molecule has 3 rings (SSSR count). The van der Waals surface area contributed by atoms with E-state index in [4.69, 9.17) is 0 Å². The SMILES string of the molecule is CC(=O)N1CCCc2cc(S(=O)(=O)NCCCN(C)C3CCCCC3)ccc21. The Morgan fingerprint density at radius 1 is 1.21 bits per heavy atom. The van der Waals surface area contributed by atoms with Crippen LogP contribution in [0.5, 0.6) is 0 Å². The molecule has 1 saturated carbocycles. The van der Waals surface area contributed by atoms with Gasteiger partial charge in [-0.3, -0.25) is 4.79 Å². The van der Waals surface area contributed by atoms with Crippen LogP contribution in [0.25, 0.3) is 0 Å². The highest BCUT2D eigenvalue weighted by Crippen LogP contribution is 2.29. The fourth-order valence-corrected chi connectivity index (χ4v) is 5.51. The summed E-state index contributed by atoms with van der Waals surface area (Å²) in [4.78, 5) is 16.2. The number of hydrogen-bond donors (Lipinski definition) is 1. The van der Waals surface area contributed by atoms with Crippen molar-refractivity contribution in [3.8, 4) is 0 Å². The molecule has 0 atom stereocenters. The van der Waals surface area contributed by atoms with Crippen molar-refractivity contribution in [1.29, 1.82) is 0 Å². The molecule has 0 radical (unpaired) electrons. The molecule has 1 fully saturated rings. The highest BCUT2D eigenvalue weighted by atomic mass is 32.2. The lowest BCUT2D eigenvalue weighted by atomic mass is 9.94. The molecule has 0 bridgehead atoms. The van der Waals surface area contributed by atoms with Gasteiger partial charge in [0.15, 0.2) is 0 Å². The van der Waals surface area contributed by atoms with E-state index in [1.165, 1.54) is 32.1 Å². The Kier molecular flexibility index (Phi) is 7.12. The molecule has 1 aliphatic heterocycles. The summed E-state index contributed by atoms with van der Waals surface area (Å²) in [7, 11) is -1.38. The molecule has 28 heavy (non-hydrogen) atoms. The first-order valence-electron chi connectivity index (χ1n) is 10.5. The third-order valence-electron chi connectivity index (χ3n) is 6.04. The van der Waals surface area contributed by atoms with E-state index in [2.05, 4.69) is 16.7 Å². The van der Waals surface area contributed by atoms with E-state index in [1.54, 1.807) is 30.0 Å². The zero-order valence-electron chi connectivity index (χ0n) is 17.1. The lowest BCUT2D eigenvalue weighted by Crippen LogP contribution is -2.36. The molecular weight excluding hydrogens is 374 g/mol. The summed E-state index contributed by atoms with van der Waals surface area (Å²) in [6, 6.07) is 5.74. The quantitative estimate of drug-likeness (QED) is 0.706. The monoisotopic (exact) mass is 407 g/mol. The second-order valence-corrected chi connectivity index (χ2v) is 9.86. The van der Waals surface area contributed by atoms with Crippen molar-refractivity contribution in [2.75, 3.05) is 31.6 Å². The molecule has 1 N–H and O–H groups in total. The second kappa shape index (κ2) is 9.37. The second-order valence-electron chi connectivity index (χ2n) is 8.09. The minimum Gasteiger partial charge on any atom is -0.312 e. The first-order valence-corrected chi connectivity index (χ1v) is 12.0. The molecule has 0 saturated heterocycles. The molecule has 1 heterocycles. The third kappa shape index (κ3) is 5.13. The number of amides is 1. The van der Waals surface area contributed by atoms with Crippen LogP contribution in [0.3, 0.4) is 0 Å². The summed E-state index contributed by atoms with van der Waals surface area (Å²) in [6.45, 7) is 3.59. The van der Waals surface area contributed by atoms with Crippen LogP contribution < -0.4 is 9.62 Å². The number of aryl methyl sites for hydroxylation is 1. The van der Waals surface area contributed by atoms with Crippen LogP contribution in [0.4, 0.5) is 5.69 Å². The maximum absolute atomic E-state index is 12.7. The smallest absolute Gasteiger partial charge is 0.240 e. The van der Waals surface area contributed by atoms with Crippen molar-refractivity contribution in [2.24, 2.45) is 0 Å². The van der Waals surface area contributed by atoms with Crippen LogP contribution in [0.2, 0.25) is 0 Å². The Balaban J connectivity index is 1.55. The number of rotatable bonds is 7. The van der Waals surface area contributed by atoms with Gasteiger partial charge in [-0.2, -0.15) is 0 Å². The topological polar surface area (TPSA) is 69.7 Å². The van der Waals surface area contributed by atoms with Crippen molar-refractivity contribution in [1.82, 2.24) is 9.62 Å². The van der Waals surface area contributed by atoms with Gasteiger partial charge in [0.1, 0.15) is 0 Å². The molecule has 0 aromatic heterocycles. The molecule has 1 aromatic carbocycles. The van der Waals surface area contributed by atoms with Gasteiger partial charge in [0.25, 0.3) is 0 Å². The number of fused-ring (bicyclic) bond motifs is 1. The molecule has 1 aromatic rings. The highest BCUT2D eigenvalue weighted by molar-refractivity contribution is 7.89. The molecule has 7 heteroatoms. The van der Waals surface area contributed by atoms with E-state index in [-0.39, 0.29) is 10.8 Å². The van der Waals surface area contributed by atoms with Gasteiger partial charge >= 0.3 is 0 Å². The number of hydrogen-bond acceptors (Lipinski definition) is 4. The van der Waals surface area contributed by atoms with E-state index in [9.17, 15) is 13.2 Å². The van der Waals surface area contributed by atoms with Crippen LogP contribution in [-0.4, -0.2) is 51.9 Å². The molecule has 2 aliphatic rings. The van der Waals surface area contributed by atoms with Gasteiger partial charge in [-0.25, -0.2) is 13.1 Å². The fraction of sp³-hybridized carbons (Fsp3) is 0.667. The van der Waals surface area contributed by atoms with Crippen molar-refractivity contribution in [3.05, 3.63) is 23.8 Å². The Hall–Kier alpha value is -1.44. The van der Waals surface area contributed by atoms with Crippen LogP contribution in [-0.2, 0) is 21.2 Å². The molecule has 0 unspecified atom stereocenters. The standard InChI is InChI=1S/C21H33N3O3S/c1-17(25)24-15-6-8-18-16-20(11-12-21(18)24)28(26,27)22-13-7-14-23(2)19-9-4-3-5-10-19/h11-12,16,19,22H,3-10,13-15H2,1-2H3. The van der Waals surface area contributed by atoms with E-state index in [0.717, 1.165) is 37.1 Å². The number of benzene rings is 1. The molecule has 1 amide bonds. The van der Waals surface area contributed by atoms with Crippen molar-refractivity contribution < 1.29 is 13.2 Å². The summed E-state index contributed by atoms with van der Waals surface area (Å²) < 4.78 is 28.1. The number of sulfonamides is 1. The number of nitrogens with one attached hydrogen (secondary N) is 1. The number of carbonyl (C=O) groups is 1. The fourth-order valence-electron chi connectivity index (χ4n) is 4.39. The summed E-state index contributed by atoms with van der Waals surface area (Å²) in [5.41, 5.74) is 1.77. The Labute approximate surface area is 169 Å². The Morgan fingerprint density at radius 3 is 2.68 bits per heavy atom. The van der Waals surface area contributed by atoms with E-state index < -0.39 is 10.0 Å². The lowest BCUT2D eigenvalue weighted by molar-refractivity contribution is -0.116. The van der Waals surface area contributed by atoms with Gasteiger partial charge in [-0.05, 0) is 69.5 Å². The first kappa shape index (κ1) is 21.3. The average Bonchev–Trinajstić information content (AvgIpc) is 2.70. The number of anilines is 1. The number of nitrogens with zero attached hydrogens (tertiary/aromatic N) is 2. The van der Waals surface area contributed by atoms with Gasteiger partial charge < -0.3 is 9.80 Å². The maximum atomic E-state index is 12.7. The van der Waals surface area contributed by atoms with E-state index in [0.29, 0.717) is 19.1 Å². The maximum Gasteiger partial charge on any atom is 0.240 e. The van der Waals surface area contributed by atoms with Crippen LogP contribution in [0.1, 0.15) is 57.4 Å². The Bertz CT molecular complexity index is 788. The largest absolute Gasteiger partial charge is 0.312 e. The minimum absolute atomic E-state index is 0.00299. The Morgan fingerprint density at radius 2 is 1.96 bits per heavy atom. The predicted molar refractivity (Wildman–Crippen MR) is 112 cm³/mol. The normalized spacial score (nSPS) is 18.3. The highest BCUT2D eigenvalue weighted by Gasteiger charge is 2.23. The minimum atomic E-state index is -3.53. The van der Waals surface area contributed by atoms with E-state index in [1.807, 2.05) is 0 Å². The molecule has 156 valence electrons. The van der Waals surface area contributed by atoms with Crippen molar-refractivity contribution >= 4 is 21.6 Å². The van der Waals surface area contributed by atoms with Crippen LogP contribution in [0.15, 0.2) is 23.1 Å². The van der Waals surface area contributed by atoms with Gasteiger partial charge in [-0.15, -0.1) is 0 Å². The molecule has 1 aliphatic carbocycles. The van der Waals surface area contributed by atoms with Crippen molar-refractivity contribution in [2.45, 2.75) is 69.2 Å². The zero-order chi connectivity index (χ0) is 20.1. The number of carbonyl (C=O) groups excluding carboxylic acids is 1. The van der Waals surface area contributed by atoms with Gasteiger partial charge in [0.2, 0.25) is 15.9 Å². The summed E-state index contributed by atoms with van der Waals surface area (Å²) in [5.74, 6) is -0.00299. The lowest BCUT2D eigenvalue weighted by Gasteiger charge is -2.31. The van der Waals surface area contributed by atoms with Gasteiger partial charge in [0.05, 0.1) is 4.90 Å². The van der Waals surface area contributed by atoms with Crippen LogP contribution >= 0.6 is 0 Å². The zero-order valence-corrected chi connectivity index (χ0v) is 17.9. The first-order chi connectivity index (χ1) is 13.4. The third-order valence-corrected chi connectivity index (χ3v) is 7.50. The summed E-state index contributed by atoms with van der Waals surface area (Å²) in [5, 5.41) is 0. The average molecular weight is 408 g/mol. The van der Waals surface area contributed by atoms with E-state index >= 15 is 0 Å². The van der Waals surface area contributed by atoms with Crippen LogP contribution in [0, 0.1) is 0 Å². The molecular formula is C21H33N3O3S. The predicted octanol–water partition coefficient (Wildman–Crippen LogP) is 2.92. The summed E-state index contributed by atoms with van der Waals surface area (Å²) >= 11 is 0. The van der Waals surface area contributed by atoms with Gasteiger partial charge in [-0.1, -0.05) is 19.3 Å². The molecule has 0 spiro atoms.